The highest BCUT2D eigenvalue weighted by atomic mass is 35.5. The van der Waals surface area contributed by atoms with Crippen molar-refractivity contribution in [2.45, 2.75) is 6.92 Å². The third-order valence-electron chi connectivity index (χ3n) is 3.68. The van der Waals surface area contributed by atoms with Gasteiger partial charge in [0.15, 0.2) is 0 Å². The Bertz CT molecular complexity index is 999. The number of benzene rings is 2. The van der Waals surface area contributed by atoms with Crippen molar-refractivity contribution < 1.29 is 18.4 Å². The van der Waals surface area contributed by atoms with E-state index in [0.29, 0.717) is 10.0 Å². The molecule has 0 saturated heterocycles. The molecular weight excluding hydrogens is 394 g/mol. The summed E-state index contributed by atoms with van der Waals surface area (Å²) in [7, 11) is 0. The maximum Gasteiger partial charge on any atom is 0.326 e. The molecule has 2 N–H and O–H groups in total. The number of urea groups is 1. The smallest absolute Gasteiger partial charge is 0.299 e. The lowest BCUT2D eigenvalue weighted by Crippen LogP contribution is -2.35. The predicted octanol–water partition coefficient (Wildman–Crippen LogP) is 5.62. The summed E-state index contributed by atoms with van der Waals surface area (Å²) in [6.07, 6.45) is 0. The molecule has 0 spiro atoms. The van der Waals surface area contributed by atoms with E-state index in [-0.39, 0.29) is 0 Å². The first-order valence-electron chi connectivity index (χ1n) is 7.78. The van der Waals surface area contributed by atoms with Gasteiger partial charge in [0.05, 0.1) is 5.00 Å². The van der Waals surface area contributed by atoms with E-state index in [9.17, 15) is 18.4 Å². The molecule has 0 aliphatic rings. The first-order valence-corrected chi connectivity index (χ1v) is 8.97. The van der Waals surface area contributed by atoms with Gasteiger partial charge in [0.25, 0.3) is 5.91 Å². The summed E-state index contributed by atoms with van der Waals surface area (Å²) < 4.78 is 27.2. The van der Waals surface area contributed by atoms with Crippen molar-refractivity contribution in [3.63, 3.8) is 0 Å². The highest BCUT2D eigenvalue weighted by Gasteiger charge is 2.19. The van der Waals surface area contributed by atoms with Crippen LogP contribution in [0.5, 0.6) is 0 Å². The van der Waals surface area contributed by atoms with E-state index < -0.39 is 29.1 Å². The summed E-state index contributed by atoms with van der Waals surface area (Å²) in [5, 5.41) is 5.52. The minimum atomic E-state index is -1.16. The van der Waals surface area contributed by atoms with Crippen LogP contribution in [0.1, 0.15) is 15.9 Å². The van der Waals surface area contributed by atoms with Gasteiger partial charge in [-0.15, -0.1) is 11.3 Å². The van der Waals surface area contributed by atoms with Crippen molar-refractivity contribution in [1.29, 1.82) is 0 Å². The van der Waals surface area contributed by atoms with Crippen molar-refractivity contribution >= 4 is 39.9 Å². The lowest BCUT2D eigenvalue weighted by Gasteiger charge is -2.06. The average Bonchev–Trinajstić information content (AvgIpc) is 2.95. The number of thiophene rings is 1. The van der Waals surface area contributed by atoms with E-state index in [2.05, 4.69) is 5.32 Å². The number of amides is 3. The number of carbonyl (C=O) groups excluding carboxylic acids is 2. The van der Waals surface area contributed by atoms with Crippen molar-refractivity contribution in [2.75, 3.05) is 5.32 Å². The number of anilines is 1. The van der Waals surface area contributed by atoms with Crippen molar-refractivity contribution in [2.24, 2.45) is 0 Å². The zero-order chi connectivity index (χ0) is 19.6. The molecule has 27 heavy (non-hydrogen) atoms. The number of imide groups is 1. The van der Waals surface area contributed by atoms with Crippen LogP contribution in [0.3, 0.4) is 0 Å². The van der Waals surface area contributed by atoms with Crippen LogP contribution in [0.2, 0.25) is 5.02 Å². The Hall–Kier alpha value is -2.77. The Morgan fingerprint density at radius 3 is 2.30 bits per heavy atom. The van der Waals surface area contributed by atoms with Gasteiger partial charge in [-0.2, -0.15) is 0 Å². The van der Waals surface area contributed by atoms with Crippen LogP contribution in [0.15, 0.2) is 48.5 Å². The largest absolute Gasteiger partial charge is 0.326 e. The molecule has 2 aromatic carbocycles. The Morgan fingerprint density at radius 2 is 1.67 bits per heavy atom. The van der Waals surface area contributed by atoms with E-state index in [0.717, 1.165) is 34.2 Å². The molecule has 1 aromatic heterocycles. The van der Waals surface area contributed by atoms with Gasteiger partial charge in [-0.3, -0.25) is 15.4 Å². The topological polar surface area (TPSA) is 58.2 Å². The monoisotopic (exact) mass is 406 g/mol. The summed E-state index contributed by atoms with van der Waals surface area (Å²) >= 11 is 7.19. The first-order chi connectivity index (χ1) is 12.8. The van der Waals surface area contributed by atoms with Gasteiger partial charge in [-0.25, -0.2) is 13.6 Å². The van der Waals surface area contributed by atoms with Gasteiger partial charge >= 0.3 is 6.03 Å². The van der Waals surface area contributed by atoms with Gasteiger partial charge in [-0.1, -0.05) is 29.8 Å². The zero-order valence-electron chi connectivity index (χ0n) is 14.0. The van der Waals surface area contributed by atoms with Gasteiger partial charge < -0.3 is 0 Å². The second-order valence-electron chi connectivity index (χ2n) is 5.63. The fourth-order valence-corrected chi connectivity index (χ4v) is 3.65. The van der Waals surface area contributed by atoms with Crippen LogP contribution in [-0.2, 0) is 0 Å². The normalized spacial score (nSPS) is 10.5. The second kappa shape index (κ2) is 7.85. The quantitative estimate of drug-likeness (QED) is 0.593. The van der Waals surface area contributed by atoms with Crippen molar-refractivity contribution in [1.82, 2.24) is 5.32 Å². The molecule has 3 amide bonds. The van der Waals surface area contributed by atoms with Gasteiger partial charge in [-0.05, 0) is 48.4 Å². The highest BCUT2D eigenvalue weighted by Crippen LogP contribution is 2.35. The number of hydrogen-bond acceptors (Lipinski definition) is 3. The molecule has 0 saturated carbocycles. The molecule has 138 valence electrons. The second-order valence-corrected chi connectivity index (χ2v) is 7.12. The van der Waals surface area contributed by atoms with E-state index in [1.165, 1.54) is 11.3 Å². The van der Waals surface area contributed by atoms with Crippen molar-refractivity contribution in [3.8, 4) is 10.4 Å². The number of rotatable bonds is 3. The molecule has 0 bridgehead atoms. The summed E-state index contributed by atoms with van der Waals surface area (Å²) in [6, 6.07) is 11.1. The molecule has 0 aliphatic heterocycles. The SMILES string of the molecule is Cc1cc(NC(=O)NC(=O)c2c(F)cccc2F)sc1-c1ccc(Cl)cc1. The molecule has 0 atom stereocenters. The van der Waals surface area contributed by atoms with Crippen LogP contribution in [0.25, 0.3) is 10.4 Å². The maximum atomic E-state index is 13.6. The third-order valence-corrected chi connectivity index (χ3v) is 5.13. The van der Waals surface area contributed by atoms with Gasteiger partial charge in [0.2, 0.25) is 0 Å². The summed E-state index contributed by atoms with van der Waals surface area (Å²) in [5.74, 6) is -3.25. The molecule has 0 unspecified atom stereocenters. The third kappa shape index (κ3) is 4.32. The van der Waals surface area contributed by atoms with Crippen LogP contribution in [0, 0.1) is 18.6 Å². The van der Waals surface area contributed by atoms with Crippen LogP contribution < -0.4 is 10.6 Å². The number of aryl methyl sites for hydroxylation is 1. The Balaban J connectivity index is 1.72. The van der Waals surface area contributed by atoms with Gasteiger partial charge in [0, 0.05) is 9.90 Å². The molecule has 0 radical (unpaired) electrons. The molecular formula is C19H13ClF2N2O2S. The average molecular weight is 407 g/mol. The summed E-state index contributed by atoms with van der Waals surface area (Å²) in [5.41, 5.74) is 1.04. The van der Waals surface area contributed by atoms with Crippen LogP contribution in [0.4, 0.5) is 18.6 Å². The predicted molar refractivity (Wildman–Crippen MR) is 102 cm³/mol. The minimum absolute atomic E-state index is 0.483. The Kier molecular flexibility index (Phi) is 5.53. The van der Waals surface area contributed by atoms with E-state index in [1.807, 2.05) is 24.4 Å². The van der Waals surface area contributed by atoms with Gasteiger partial charge in [0.1, 0.15) is 17.2 Å². The van der Waals surface area contributed by atoms with Crippen LogP contribution in [-0.4, -0.2) is 11.9 Å². The van der Waals surface area contributed by atoms with E-state index in [4.69, 9.17) is 11.6 Å². The van der Waals surface area contributed by atoms with E-state index >= 15 is 0 Å². The zero-order valence-corrected chi connectivity index (χ0v) is 15.5. The standard InChI is InChI=1S/C19H13ClF2N2O2S/c1-10-9-15(27-17(10)11-5-7-12(20)8-6-11)23-19(26)24-18(25)16-13(21)3-2-4-14(16)22/h2-9H,1H3,(H2,23,24,25,26). The lowest BCUT2D eigenvalue weighted by atomic mass is 10.1. The molecule has 4 nitrogen and oxygen atoms in total. The molecule has 0 fully saturated rings. The fourth-order valence-electron chi connectivity index (χ4n) is 2.46. The molecule has 0 aliphatic carbocycles. The number of hydrogen-bond donors (Lipinski definition) is 2. The molecule has 3 aromatic rings. The van der Waals surface area contributed by atoms with Crippen molar-refractivity contribution in [3.05, 3.63) is 76.3 Å². The Labute approximate surface area is 162 Å². The number of halogens is 3. The number of carbonyl (C=O) groups is 2. The maximum absolute atomic E-state index is 13.6. The number of nitrogens with one attached hydrogen (secondary N) is 2. The summed E-state index contributed by atoms with van der Waals surface area (Å²) in [6.45, 7) is 1.88. The van der Waals surface area contributed by atoms with Crippen LogP contribution >= 0.6 is 22.9 Å². The lowest BCUT2D eigenvalue weighted by molar-refractivity contribution is 0.0959. The first kappa shape index (κ1) is 19.0. The van der Waals surface area contributed by atoms with E-state index in [1.54, 1.807) is 18.2 Å². The Morgan fingerprint density at radius 1 is 1.04 bits per heavy atom. The molecule has 1 heterocycles. The highest BCUT2D eigenvalue weighted by molar-refractivity contribution is 7.19. The summed E-state index contributed by atoms with van der Waals surface area (Å²) in [4.78, 5) is 24.9. The minimum Gasteiger partial charge on any atom is -0.299 e. The molecule has 8 heteroatoms. The molecule has 3 rings (SSSR count). The fraction of sp³-hybridized carbons (Fsp3) is 0.0526.